The smallest absolute Gasteiger partial charge is 0.306 e. The molecule has 0 spiro atoms. The number of nitrogens with zero attached hydrogens (tertiary/aromatic N) is 2. The van der Waals surface area contributed by atoms with Crippen LogP contribution in [0.2, 0.25) is 0 Å². The summed E-state index contributed by atoms with van der Waals surface area (Å²) < 4.78 is 2.11. The zero-order chi connectivity index (χ0) is 15.5. The Kier molecular flexibility index (Phi) is 4.24. The normalized spacial score (nSPS) is 14.2. The minimum absolute atomic E-state index is 0.402. The average Bonchev–Trinajstić information content (AvgIpc) is 2.94. The van der Waals surface area contributed by atoms with E-state index in [1.54, 1.807) is 0 Å². The first-order valence-corrected chi connectivity index (χ1v) is 7.77. The van der Waals surface area contributed by atoms with Crippen LogP contribution in [-0.4, -0.2) is 27.2 Å². The molecular formula is C17H21N3O2. The van der Waals surface area contributed by atoms with E-state index in [1.807, 2.05) is 12.4 Å². The Bertz CT molecular complexity index is 678. The summed E-state index contributed by atoms with van der Waals surface area (Å²) in [4.78, 5) is 15.9. The van der Waals surface area contributed by atoms with Gasteiger partial charge in [0.2, 0.25) is 0 Å². The van der Waals surface area contributed by atoms with Crippen LogP contribution >= 0.6 is 0 Å². The third kappa shape index (κ3) is 2.76. The minimum Gasteiger partial charge on any atom is -0.481 e. The number of carbonyl (C=O) groups is 1. The van der Waals surface area contributed by atoms with Crippen molar-refractivity contribution in [2.75, 3.05) is 6.54 Å². The molecule has 1 aliphatic rings. The van der Waals surface area contributed by atoms with E-state index >= 15 is 0 Å². The van der Waals surface area contributed by atoms with Crippen molar-refractivity contribution in [2.24, 2.45) is 11.7 Å². The van der Waals surface area contributed by atoms with E-state index in [0.29, 0.717) is 19.4 Å². The highest BCUT2D eigenvalue weighted by atomic mass is 16.4. The van der Waals surface area contributed by atoms with E-state index in [1.165, 1.54) is 5.56 Å². The van der Waals surface area contributed by atoms with Crippen molar-refractivity contribution in [2.45, 2.75) is 32.1 Å². The molecule has 2 aromatic rings. The van der Waals surface area contributed by atoms with Gasteiger partial charge < -0.3 is 15.4 Å². The standard InChI is InChI=1S/C17H21N3O2/c18-9-3-5-13(17(21)22)10-14-16-8-7-12-4-1-2-6-15(12)20(16)11-19-14/h1-2,4,6,11,13H,3,5,7-10,18H2,(H,21,22)/t13-/m1/s1. The summed E-state index contributed by atoms with van der Waals surface area (Å²) >= 11 is 0. The lowest BCUT2D eigenvalue weighted by Crippen LogP contribution is -2.20. The molecule has 5 heteroatoms. The van der Waals surface area contributed by atoms with E-state index < -0.39 is 11.9 Å². The predicted molar refractivity (Wildman–Crippen MR) is 84.1 cm³/mol. The number of imidazole rings is 1. The van der Waals surface area contributed by atoms with Gasteiger partial charge in [0.25, 0.3) is 0 Å². The fraction of sp³-hybridized carbons (Fsp3) is 0.412. The van der Waals surface area contributed by atoms with Gasteiger partial charge in [0.1, 0.15) is 0 Å². The number of rotatable bonds is 6. The number of aromatic nitrogens is 2. The van der Waals surface area contributed by atoms with Crippen molar-refractivity contribution < 1.29 is 9.90 Å². The summed E-state index contributed by atoms with van der Waals surface area (Å²) in [5.74, 6) is -1.16. The van der Waals surface area contributed by atoms with E-state index in [-0.39, 0.29) is 0 Å². The maximum atomic E-state index is 11.4. The number of benzene rings is 1. The summed E-state index contributed by atoms with van der Waals surface area (Å²) in [5.41, 5.74) is 10.0. The highest BCUT2D eigenvalue weighted by molar-refractivity contribution is 5.70. The molecule has 1 atom stereocenters. The molecule has 1 aromatic heterocycles. The number of hydrogen-bond acceptors (Lipinski definition) is 3. The first kappa shape index (κ1) is 14.8. The Morgan fingerprint density at radius 2 is 2.18 bits per heavy atom. The van der Waals surface area contributed by atoms with E-state index in [0.717, 1.165) is 36.3 Å². The van der Waals surface area contributed by atoms with Crippen LogP contribution in [0.25, 0.3) is 5.69 Å². The minimum atomic E-state index is -0.758. The Morgan fingerprint density at radius 3 is 2.95 bits per heavy atom. The first-order chi connectivity index (χ1) is 10.7. The Balaban J connectivity index is 1.86. The molecule has 0 bridgehead atoms. The molecule has 1 aromatic carbocycles. The lowest BCUT2D eigenvalue weighted by atomic mass is 9.94. The monoisotopic (exact) mass is 299 g/mol. The number of carboxylic acid groups (broad SMARTS) is 1. The van der Waals surface area contributed by atoms with Crippen LogP contribution in [0.15, 0.2) is 30.6 Å². The second kappa shape index (κ2) is 6.32. The molecule has 0 saturated heterocycles. The summed E-state index contributed by atoms with van der Waals surface area (Å²) in [5, 5.41) is 9.39. The van der Waals surface area contributed by atoms with Crippen LogP contribution in [0.5, 0.6) is 0 Å². The number of aliphatic carboxylic acids is 1. The van der Waals surface area contributed by atoms with Crippen LogP contribution in [0.3, 0.4) is 0 Å². The van der Waals surface area contributed by atoms with Gasteiger partial charge in [-0.15, -0.1) is 0 Å². The van der Waals surface area contributed by atoms with Gasteiger partial charge in [-0.05, 0) is 43.9 Å². The molecule has 0 saturated carbocycles. The van der Waals surface area contributed by atoms with Gasteiger partial charge in [-0.3, -0.25) is 4.79 Å². The third-order valence-electron chi connectivity index (χ3n) is 4.38. The molecule has 1 aliphatic heterocycles. The summed E-state index contributed by atoms with van der Waals surface area (Å²) in [7, 11) is 0. The molecule has 3 N–H and O–H groups in total. The highest BCUT2D eigenvalue weighted by Crippen LogP contribution is 2.27. The van der Waals surface area contributed by atoms with Crippen molar-refractivity contribution in [3.05, 3.63) is 47.5 Å². The number of carboxylic acids is 1. The molecule has 2 heterocycles. The summed E-state index contributed by atoms with van der Waals surface area (Å²) in [6.07, 6.45) is 5.54. The number of aryl methyl sites for hydroxylation is 1. The molecule has 116 valence electrons. The van der Waals surface area contributed by atoms with Crippen LogP contribution in [-0.2, 0) is 24.1 Å². The van der Waals surface area contributed by atoms with Crippen molar-refractivity contribution >= 4 is 5.97 Å². The Hall–Kier alpha value is -2.14. The number of fused-ring (bicyclic) bond motifs is 3. The van der Waals surface area contributed by atoms with Crippen molar-refractivity contribution in [3.63, 3.8) is 0 Å². The molecule has 0 radical (unpaired) electrons. The van der Waals surface area contributed by atoms with Gasteiger partial charge in [-0.1, -0.05) is 18.2 Å². The maximum absolute atomic E-state index is 11.4. The van der Waals surface area contributed by atoms with Crippen molar-refractivity contribution in [3.8, 4) is 5.69 Å². The SMILES string of the molecule is NCCC[C@H](Cc1ncn2c1CCc1ccccc1-2)C(=O)O. The Morgan fingerprint density at radius 1 is 1.36 bits per heavy atom. The van der Waals surface area contributed by atoms with Gasteiger partial charge in [0.15, 0.2) is 0 Å². The lowest BCUT2D eigenvalue weighted by molar-refractivity contribution is -0.142. The fourth-order valence-electron chi connectivity index (χ4n) is 3.17. The van der Waals surface area contributed by atoms with Crippen molar-refractivity contribution in [1.29, 1.82) is 0 Å². The lowest BCUT2D eigenvalue weighted by Gasteiger charge is -2.20. The summed E-state index contributed by atoms with van der Waals surface area (Å²) in [6, 6.07) is 8.30. The first-order valence-electron chi connectivity index (χ1n) is 7.77. The van der Waals surface area contributed by atoms with Gasteiger partial charge in [-0.2, -0.15) is 0 Å². The highest BCUT2D eigenvalue weighted by Gasteiger charge is 2.24. The number of hydrogen-bond donors (Lipinski definition) is 2. The molecule has 3 rings (SSSR count). The molecule has 0 fully saturated rings. The van der Waals surface area contributed by atoms with Crippen LogP contribution < -0.4 is 5.73 Å². The quantitative estimate of drug-likeness (QED) is 0.854. The number of nitrogens with two attached hydrogens (primary N) is 1. The van der Waals surface area contributed by atoms with Crippen molar-refractivity contribution in [1.82, 2.24) is 9.55 Å². The topological polar surface area (TPSA) is 81.1 Å². The Labute approximate surface area is 129 Å². The number of para-hydroxylation sites is 1. The van der Waals surface area contributed by atoms with Gasteiger partial charge in [-0.25, -0.2) is 4.98 Å². The average molecular weight is 299 g/mol. The predicted octanol–water partition coefficient (Wildman–Crippen LogP) is 1.95. The van der Waals surface area contributed by atoms with Crippen LogP contribution in [0, 0.1) is 5.92 Å². The summed E-state index contributed by atoms with van der Waals surface area (Å²) in [6.45, 7) is 0.526. The second-order valence-electron chi connectivity index (χ2n) is 5.81. The van der Waals surface area contributed by atoms with Crippen LogP contribution in [0.1, 0.15) is 29.8 Å². The van der Waals surface area contributed by atoms with Gasteiger partial charge in [0.05, 0.1) is 17.9 Å². The van der Waals surface area contributed by atoms with E-state index in [4.69, 9.17) is 5.73 Å². The van der Waals surface area contributed by atoms with Crippen LogP contribution in [0.4, 0.5) is 0 Å². The molecule has 5 nitrogen and oxygen atoms in total. The maximum Gasteiger partial charge on any atom is 0.306 e. The molecule has 0 aliphatic carbocycles. The zero-order valence-corrected chi connectivity index (χ0v) is 12.5. The molecular weight excluding hydrogens is 278 g/mol. The van der Waals surface area contributed by atoms with E-state index in [2.05, 4.69) is 27.8 Å². The fourth-order valence-corrected chi connectivity index (χ4v) is 3.17. The largest absolute Gasteiger partial charge is 0.481 e. The second-order valence-corrected chi connectivity index (χ2v) is 5.81. The molecule has 22 heavy (non-hydrogen) atoms. The van der Waals surface area contributed by atoms with E-state index in [9.17, 15) is 9.90 Å². The van der Waals surface area contributed by atoms with Gasteiger partial charge >= 0.3 is 5.97 Å². The molecule has 0 unspecified atom stereocenters. The third-order valence-corrected chi connectivity index (χ3v) is 4.38. The molecule has 0 amide bonds. The van der Waals surface area contributed by atoms with Gasteiger partial charge in [0, 0.05) is 17.8 Å². The zero-order valence-electron chi connectivity index (χ0n) is 12.5.